The van der Waals surface area contributed by atoms with E-state index in [0.717, 1.165) is 11.6 Å². The Morgan fingerprint density at radius 3 is 2.63 bits per heavy atom. The van der Waals surface area contributed by atoms with Gasteiger partial charge in [-0.05, 0) is 42.3 Å². The second-order valence-corrected chi connectivity index (χ2v) is 7.80. The molecule has 2 aromatic carbocycles. The molecule has 0 aliphatic rings. The summed E-state index contributed by atoms with van der Waals surface area (Å²) < 4.78 is 46.4. The first kappa shape index (κ1) is 18.6. The lowest BCUT2D eigenvalue weighted by Gasteiger charge is -2.12. The van der Waals surface area contributed by atoms with Crippen LogP contribution in [0.2, 0.25) is 0 Å². The number of rotatable bonds is 2. The predicted octanol–water partition coefficient (Wildman–Crippen LogP) is 6.80. The van der Waals surface area contributed by atoms with Crippen molar-refractivity contribution in [3.63, 3.8) is 0 Å². The summed E-state index contributed by atoms with van der Waals surface area (Å²) in [7, 11) is 0. The number of fused-ring (bicyclic) bond motifs is 2. The summed E-state index contributed by atoms with van der Waals surface area (Å²) in [6.07, 6.45) is -2.98. The fourth-order valence-corrected chi connectivity index (χ4v) is 4.58. The first-order valence-electron chi connectivity index (χ1n) is 8.96. The third kappa shape index (κ3) is 2.83. The third-order valence-corrected chi connectivity index (χ3v) is 5.94. The number of hydrogen-bond donors (Lipinski definition) is 1. The Balaban J connectivity index is 1.68. The van der Waals surface area contributed by atoms with Gasteiger partial charge in [0.1, 0.15) is 16.8 Å². The van der Waals surface area contributed by atoms with E-state index in [-0.39, 0.29) is 11.3 Å². The lowest BCUT2D eigenvalue weighted by Crippen LogP contribution is -2.06. The number of nitrogens with zero attached hydrogens (tertiary/aromatic N) is 2. The van der Waals surface area contributed by atoms with Crippen molar-refractivity contribution in [2.75, 3.05) is 0 Å². The van der Waals surface area contributed by atoms with Crippen LogP contribution in [0.5, 0.6) is 5.75 Å². The van der Waals surface area contributed by atoms with E-state index >= 15 is 0 Å². The fraction of sp³-hybridized carbons (Fsp3) is 0.0909. The van der Waals surface area contributed by atoms with Crippen LogP contribution in [-0.4, -0.2) is 15.3 Å². The summed E-state index contributed by atoms with van der Waals surface area (Å²) in [6, 6.07) is 10.6. The van der Waals surface area contributed by atoms with E-state index in [0.29, 0.717) is 38.0 Å². The molecule has 1 N–H and O–H groups in total. The van der Waals surface area contributed by atoms with Gasteiger partial charge in [0.2, 0.25) is 0 Å². The standard InChI is InChI=1S/C22H13F3N2O2S/c1-11-8-17-13(6-7-29-17)21(28)19(11)16-9-18-20(27-26-16)14(10-30-18)12-4-2-3-5-15(12)22(23,24)25/h2-10,28H,1H3. The molecular formula is C22H13F3N2O2S. The highest BCUT2D eigenvalue weighted by Crippen LogP contribution is 2.43. The monoisotopic (exact) mass is 426 g/mol. The summed E-state index contributed by atoms with van der Waals surface area (Å²) in [5.41, 5.74) is 2.40. The molecule has 0 atom stereocenters. The second-order valence-electron chi connectivity index (χ2n) is 6.88. The first-order chi connectivity index (χ1) is 14.3. The molecule has 3 heterocycles. The normalized spacial score (nSPS) is 12.1. The van der Waals surface area contributed by atoms with Gasteiger partial charge in [0.05, 0.1) is 27.6 Å². The zero-order valence-electron chi connectivity index (χ0n) is 15.5. The number of furan rings is 1. The van der Waals surface area contributed by atoms with Crippen molar-refractivity contribution in [3.8, 4) is 28.1 Å². The molecule has 0 saturated carbocycles. The summed E-state index contributed by atoms with van der Waals surface area (Å²) in [5.74, 6) is 0.0339. The number of phenolic OH excluding ortho intramolecular Hbond substituents is 1. The number of aryl methyl sites for hydroxylation is 1. The van der Waals surface area contributed by atoms with Gasteiger partial charge in [-0.2, -0.15) is 13.2 Å². The van der Waals surface area contributed by atoms with E-state index in [1.807, 2.05) is 6.92 Å². The number of aromatic nitrogens is 2. The van der Waals surface area contributed by atoms with E-state index < -0.39 is 11.7 Å². The molecule has 0 aliphatic carbocycles. The van der Waals surface area contributed by atoms with Crippen LogP contribution in [-0.2, 0) is 6.18 Å². The average molecular weight is 426 g/mol. The quantitative estimate of drug-likeness (QED) is 0.337. The number of phenols is 1. The molecular weight excluding hydrogens is 413 g/mol. The van der Waals surface area contributed by atoms with Crippen LogP contribution in [0.1, 0.15) is 11.1 Å². The molecule has 4 nitrogen and oxygen atoms in total. The van der Waals surface area contributed by atoms with Crippen molar-refractivity contribution in [2.24, 2.45) is 0 Å². The summed E-state index contributed by atoms with van der Waals surface area (Å²) in [5, 5.41) is 21.4. The van der Waals surface area contributed by atoms with Crippen molar-refractivity contribution in [1.29, 1.82) is 0 Å². The molecule has 0 bridgehead atoms. The van der Waals surface area contributed by atoms with Crippen LogP contribution in [0.15, 0.2) is 58.5 Å². The highest BCUT2D eigenvalue weighted by Gasteiger charge is 2.34. The molecule has 8 heteroatoms. The third-order valence-electron chi connectivity index (χ3n) is 5.03. The van der Waals surface area contributed by atoms with Gasteiger partial charge in [-0.3, -0.25) is 0 Å². The van der Waals surface area contributed by atoms with Crippen molar-refractivity contribution in [1.82, 2.24) is 10.2 Å². The number of alkyl halides is 3. The van der Waals surface area contributed by atoms with Gasteiger partial charge in [-0.1, -0.05) is 18.2 Å². The fourth-order valence-electron chi connectivity index (χ4n) is 3.65. The van der Waals surface area contributed by atoms with Gasteiger partial charge < -0.3 is 9.52 Å². The Hall–Kier alpha value is -3.39. The number of benzene rings is 2. The van der Waals surface area contributed by atoms with Gasteiger partial charge in [0.25, 0.3) is 0 Å². The van der Waals surface area contributed by atoms with Crippen molar-refractivity contribution in [2.45, 2.75) is 13.1 Å². The van der Waals surface area contributed by atoms with Crippen molar-refractivity contribution >= 4 is 32.5 Å². The summed E-state index contributed by atoms with van der Waals surface area (Å²) >= 11 is 1.28. The number of aromatic hydroxyl groups is 1. The van der Waals surface area contributed by atoms with Crippen LogP contribution in [0.3, 0.4) is 0 Å². The molecule has 0 radical (unpaired) electrons. The lowest BCUT2D eigenvalue weighted by atomic mass is 9.99. The van der Waals surface area contributed by atoms with Crippen molar-refractivity contribution < 1.29 is 22.7 Å². The zero-order valence-corrected chi connectivity index (χ0v) is 16.3. The van der Waals surface area contributed by atoms with Crippen molar-refractivity contribution in [3.05, 3.63) is 65.2 Å². The van der Waals surface area contributed by atoms with E-state index in [1.54, 1.807) is 29.6 Å². The Morgan fingerprint density at radius 2 is 1.83 bits per heavy atom. The van der Waals surface area contributed by atoms with E-state index in [9.17, 15) is 18.3 Å². The summed E-state index contributed by atoms with van der Waals surface area (Å²) in [4.78, 5) is 0. The smallest absolute Gasteiger partial charge is 0.417 e. The van der Waals surface area contributed by atoms with Gasteiger partial charge in [-0.15, -0.1) is 21.5 Å². The molecule has 0 amide bonds. The molecule has 5 aromatic rings. The van der Waals surface area contributed by atoms with Crippen LogP contribution >= 0.6 is 11.3 Å². The lowest BCUT2D eigenvalue weighted by molar-refractivity contribution is -0.137. The van der Waals surface area contributed by atoms with Crippen LogP contribution < -0.4 is 0 Å². The number of hydrogen-bond acceptors (Lipinski definition) is 5. The zero-order chi connectivity index (χ0) is 21.0. The van der Waals surface area contributed by atoms with Gasteiger partial charge >= 0.3 is 6.18 Å². The predicted molar refractivity (Wildman–Crippen MR) is 109 cm³/mol. The molecule has 150 valence electrons. The molecule has 5 rings (SSSR count). The topological polar surface area (TPSA) is 59.2 Å². The molecule has 0 fully saturated rings. The maximum Gasteiger partial charge on any atom is 0.417 e. The largest absolute Gasteiger partial charge is 0.506 e. The highest BCUT2D eigenvalue weighted by molar-refractivity contribution is 7.17. The minimum atomic E-state index is -4.47. The molecule has 0 saturated heterocycles. The van der Waals surface area contributed by atoms with Crippen LogP contribution in [0.25, 0.3) is 43.6 Å². The minimum Gasteiger partial charge on any atom is -0.506 e. The molecule has 0 aliphatic heterocycles. The molecule has 30 heavy (non-hydrogen) atoms. The average Bonchev–Trinajstić information content (AvgIpc) is 3.34. The number of halogens is 3. The van der Waals surface area contributed by atoms with Crippen LogP contribution in [0.4, 0.5) is 13.2 Å². The van der Waals surface area contributed by atoms with Crippen LogP contribution in [0, 0.1) is 6.92 Å². The van der Waals surface area contributed by atoms with Gasteiger partial charge in [0.15, 0.2) is 0 Å². The SMILES string of the molecule is Cc1cc2occc2c(O)c1-c1cc2scc(-c3ccccc3C(F)(F)F)c2nn1. The molecule has 0 unspecified atom stereocenters. The maximum absolute atomic E-state index is 13.4. The maximum atomic E-state index is 13.4. The molecule has 0 spiro atoms. The Kier molecular flexibility index (Phi) is 4.08. The summed E-state index contributed by atoms with van der Waals surface area (Å²) in [6.45, 7) is 1.82. The Morgan fingerprint density at radius 1 is 1.03 bits per heavy atom. The van der Waals surface area contributed by atoms with E-state index in [1.165, 1.54) is 29.7 Å². The Bertz CT molecular complexity index is 1420. The molecule has 3 aromatic heterocycles. The first-order valence-corrected chi connectivity index (χ1v) is 9.84. The highest BCUT2D eigenvalue weighted by atomic mass is 32.1. The van der Waals surface area contributed by atoms with E-state index in [4.69, 9.17) is 4.42 Å². The van der Waals surface area contributed by atoms with E-state index in [2.05, 4.69) is 10.2 Å². The van der Waals surface area contributed by atoms with Gasteiger partial charge in [-0.25, -0.2) is 0 Å². The van der Waals surface area contributed by atoms with Gasteiger partial charge in [0, 0.05) is 16.5 Å². The number of thiophene rings is 1. The minimum absolute atomic E-state index is 0.0339. The Labute approximate surface area is 172 Å². The second kappa shape index (κ2) is 6.56.